The van der Waals surface area contributed by atoms with Crippen LogP contribution in [0.2, 0.25) is 0 Å². The molecule has 1 rings (SSSR count). The second-order valence-corrected chi connectivity index (χ2v) is 2.90. The van der Waals surface area contributed by atoms with E-state index in [0.29, 0.717) is 5.75 Å². The topological polar surface area (TPSA) is 77.8 Å². The number of rotatable bonds is 2. The fourth-order valence-corrected chi connectivity index (χ4v) is 1.01. The summed E-state index contributed by atoms with van der Waals surface area (Å²) in [5.74, 6) is 0.359. The van der Waals surface area contributed by atoms with Gasteiger partial charge in [0.05, 0.1) is 0 Å². The summed E-state index contributed by atoms with van der Waals surface area (Å²) in [6.45, 7) is 5.54. The lowest BCUT2D eigenvalue weighted by Crippen LogP contribution is -1.82. The van der Waals surface area contributed by atoms with Gasteiger partial charge in [0.1, 0.15) is 5.75 Å². The molecule has 0 bridgehead atoms. The molecular formula is C11H14O4. The Bertz CT molecular complexity index is 340. The molecule has 82 valence electrons. The molecule has 0 radical (unpaired) electrons. The quantitative estimate of drug-likeness (QED) is 0.656. The molecule has 0 saturated heterocycles. The highest BCUT2D eigenvalue weighted by molar-refractivity contribution is 5.53. The van der Waals surface area contributed by atoms with Crippen molar-refractivity contribution in [3.63, 3.8) is 0 Å². The predicted molar refractivity (Wildman–Crippen MR) is 57.4 cm³/mol. The molecule has 0 amide bonds. The SMILES string of the molecule is C=CCc1ccc(O)c(C)c1.O=C(O)O. The second kappa shape index (κ2) is 6.48. The monoisotopic (exact) mass is 210 g/mol. The molecular weight excluding hydrogens is 196 g/mol. The van der Waals surface area contributed by atoms with Crippen LogP contribution in [0.5, 0.6) is 5.75 Å². The van der Waals surface area contributed by atoms with E-state index >= 15 is 0 Å². The summed E-state index contributed by atoms with van der Waals surface area (Å²) in [5, 5.41) is 23.1. The molecule has 0 fully saturated rings. The summed E-state index contributed by atoms with van der Waals surface area (Å²) < 4.78 is 0. The smallest absolute Gasteiger partial charge is 0.503 e. The van der Waals surface area contributed by atoms with E-state index in [4.69, 9.17) is 15.0 Å². The van der Waals surface area contributed by atoms with Crippen LogP contribution in [0.15, 0.2) is 30.9 Å². The Morgan fingerprint density at radius 1 is 1.47 bits per heavy atom. The highest BCUT2D eigenvalue weighted by atomic mass is 16.6. The second-order valence-electron chi connectivity index (χ2n) is 2.90. The maximum absolute atomic E-state index is 9.19. The minimum atomic E-state index is -1.83. The van der Waals surface area contributed by atoms with Crippen molar-refractivity contribution in [3.05, 3.63) is 42.0 Å². The molecule has 15 heavy (non-hydrogen) atoms. The van der Waals surface area contributed by atoms with Crippen molar-refractivity contribution in [2.75, 3.05) is 0 Å². The third kappa shape index (κ3) is 6.15. The van der Waals surface area contributed by atoms with Crippen molar-refractivity contribution in [3.8, 4) is 5.75 Å². The Labute approximate surface area is 88.1 Å². The van der Waals surface area contributed by atoms with Gasteiger partial charge in [-0.15, -0.1) is 6.58 Å². The zero-order valence-corrected chi connectivity index (χ0v) is 8.47. The van der Waals surface area contributed by atoms with E-state index in [0.717, 1.165) is 12.0 Å². The number of carbonyl (C=O) groups is 1. The first-order valence-corrected chi connectivity index (χ1v) is 4.28. The molecule has 1 aromatic rings. The molecule has 4 nitrogen and oxygen atoms in total. The minimum absolute atomic E-state index is 0.359. The molecule has 3 N–H and O–H groups in total. The third-order valence-corrected chi connectivity index (χ3v) is 1.64. The van der Waals surface area contributed by atoms with Crippen LogP contribution in [0.3, 0.4) is 0 Å². The van der Waals surface area contributed by atoms with Gasteiger partial charge in [-0.1, -0.05) is 18.2 Å². The molecule has 0 spiro atoms. The molecule has 0 saturated carbocycles. The fraction of sp³-hybridized carbons (Fsp3) is 0.182. The van der Waals surface area contributed by atoms with Gasteiger partial charge < -0.3 is 15.3 Å². The Morgan fingerprint density at radius 2 is 2.00 bits per heavy atom. The first kappa shape index (κ1) is 13.0. The van der Waals surface area contributed by atoms with Crippen LogP contribution in [-0.4, -0.2) is 21.5 Å². The predicted octanol–water partition coefficient (Wildman–Crippen LogP) is 2.65. The van der Waals surface area contributed by atoms with E-state index in [-0.39, 0.29) is 0 Å². The van der Waals surface area contributed by atoms with Gasteiger partial charge >= 0.3 is 6.16 Å². The molecule has 0 unspecified atom stereocenters. The molecule has 0 aromatic heterocycles. The maximum Gasteiger partial charge on any atom is 0.503 e. The van der Waals surface area contributed by atoms with E-state index in [1.807, 2.05) is 25.1 Å². The Morgan fingerprint density at radius 3 is 2.40 bits per heavy atom. The number of aromatic hydroxyl groups is 1. The van der Waals surface area contributed by atoms with Crippen molar-refractivity contribution in [2.45, 2.75) is 13.3 Å². The lowest BCUT2D eigenvalue weighted by Gasteiger charge is -2.00. The summed E-state index contributed by atoms with van der Waals surface area (Å²) in [5.41, 5.74) is 2.11. The fourth-order valence-electron chi connectivity index (χ4n) is 1.01. The van der Waals surface area contributed by atoms with Crippen LogP contribution in [0.4, 0.5) is 4.79 Å². The summed E-state index contributed by atoms with van der Waals surface area (Å²) >= 11 is 0. The highest BCUT2D eigenvalue weighted by Crippen LogP contribution is 2.17. The van der Waals surface area contributed by atoms with Gasteiger partial charge in [0.2, 0.25) is 0 Å². The molecule has 0 heterocycles. The number of benzene rings is 1. The molecule has 0 aliphatic rings. The van der Waals surface area contributed by atoms with E-state index in [1.54, 1.807) is 6.07 Å². The maximum atomic E-state index is 9.19. The molecule has 0 aliphatic carbocycles. The van der Waals surface area contributed by atoms with Gasteiger partial charge in [0.25, 0.3) is 0 Å². The van der Waals surface area contributed by atoms with Gasteiger partial charge in [-0.2, -0.15) is 0 Å². The Balaban J connectivity index is 0.000000423. The van der Waals surface area contributed by atoms with Crippen molar-refractivity contribution in [1.29, 1.82) is 0 Å². The average Bonchev–Trinajstić information content (AvgIpc) is 2.11. The van der Waals surface area contributed by atoms with E-state index in [1.165, 1.54) is 5.56 Å². The van der Waals surface area contributed by atoms with Crippen LogP contribution >= 0.6 is 0 Å². The summed E-state index contributed by atoms with van der Waals surface area (Å²) in [4.78, 5) is 8.56. The lowest BCUT2D eigenvalue weighted by atomic mass is 10.1. The largest absolute Gasteiger partial charge is 0.508 e. The first-order chi connectivity index (χ1) is 6.97. The molecule has 4 heteroatoms. The van der Waals surface area contributed by atoms with Crippen LogP contribution < -0.4 is 0 Å². The van der Waals surface area contributed by atoms with Gasteiger partial charge in [0, 0.05) is 0 Å². The summed E-state index contributed by atoms with van der Waals surface area (Å²) in [6.07, 6.45) is 0.882. The third-order valence-electron chi connectivity index (χ3n) is 1.64. The number of hydrogen-bond donors (Lipinski definition) is 3. The van der Waals surface area contributed by atoms with Crippen LogP contribution in [0.25, 0.3) is 0 Å². The van der Waals surface area contributed by atoms with Gasteiger partial charge in [-0.05, 0) is 30.5 Å². The zero-order valence-electron chi connectivity index (χ0n) is 8.47. The first-order valence-electron chi connectivity index (χ1n) is 4.28. The van der Waals surface area contributed by atoms with Gasteiger partial charge in [-0.25, -0.2) is 4.79 Å². The van der Waals surface area contributed by atoms with Gasteiger partial charge in [0.15, 0.2) is 0 Å². The Hall–Kier alpha value is -1.97. The number of aryl methyl sites for hydroxylation is 1. The summed E-state index contributed by atoms with van der Waals surface area (Å²) in [6, 6.07) is 5.59. The summed E-state index contributed by atoms with van der Waals surface area (Å²) in [7, 11) is 0. The average molecular weight is 210 g/mol. The normalized spacial score (nSPS) is 8.60. The van der Waals surface area contributed by atoms with Crippen molar-refractivity contribution >= 4 is 6.16 Å². The number of carboxylic acid groups (broad SMARTS) is 2. The highest BCUT2D eigenvalue weighted by Gasteiger charge is 1.95. The standard InChI is InChI=1S/C10H12O.CH2O3/c1-3-4-9-5-6-10(11)8(2)7-9;2-1(3)4/h3,5-7,11H,1,4H2,2H3;(H2,2,3,4). The minimum Gasteiger partial charge on any atom is -0.508 e. The van der Waals surface area contributed by atoms with E-state index in [2.05, 4.69) is 6.58 Å². The zero-order chi connectivity index (χ0) is 11.8. The van der Waals surface area contributed by atoms with Gasteiger partial charge in [-0.3, -0.25) is 0 Å². The van der Waals surface area contributed by atoms with Crippen molar-refractivity contribution < 1.29 is 20.1 Å². The lowest BCUT2D eigenvalue weighted by molar-refractivity contribution is 0.137. The number of phenols is 1. The van der Waals surface area contributed by atoms with E-state index in [9.17, 15) is 5.11 Å². The number of hydrogen-bond acceptors (Lipinski definition) is 2. The van der Waals surface area contributed by atoms with Crippen LogP contribution in [-0.2, 0) is 6.42 Å². The molecule has 0 atom stereocenters. The van der Waals surface area contributed by atoms with E-state index < -0.39 is 6.16 Å². The molecule has 1 aromatic carbocycles. The molecule has 0 aliphatic heterocycles. The number of phenolic OH excluding ortho intramolecular Hbond substituents is 1. The van der Waals surface area contributed by atoms with Crippen molar-refractivity contribution in [1.82, 2.24) is 0 Å². The van der Waals surface area contributed by atoms with Crippen LogP contribution in [0, 0.1) is 6.92 Å². The van der Waals surface area contributed by atoms with Crippen LogP contribution in [0.1, 0.15) is 11.1 Å². The number of allylic oxidation sites excluding steroid dienone is 1. The van der Waals surface area contributed by atoms with Crippen molar-refractivity contribution in [2.24, 2.45) is 0 Å². The Kier molecular flexibility index (Phi) is 5.63.